The first-order valence-corrected chi connectivity index (χ1v) is 19.7. The van der Waals surface area contributed by atoms with Gasteiger partial charge in [-0.25, -0.2) is 0 Å². The quantitative estimate of drug-likeness (QED) is 0.0729. The van der Waals surface area contributed by atoms with Gasteiger partial charge < -0.3 is 18.3 Å². The third kappa shape index (κ3) is 6.75. The predicted octanol–water partition coefficient (Wildman–Crippen LogP) is 8.98. The second-order valence-electron chi connectivity index (χ2n) is 13.6. The largest absolute Gasteiger partial charge is 0.429 e. The highest BCUT2D eigenvalue weighted by Crippen LogP contribution is 2.55. The summed E-state index contributed by atoms with van der Waals surface area (Å²) in [6.45, 7) is 29.6. The monoisotopic (exact) mass is 556 g/mol. The van der Waals surface area contributed by atoms with E-state index in [1.807, 2.05) is 0 Å². The molecule has 0 aliphatic carbocycles. The van der Waals surface area contributed by atoms with Crippen molar-refractivity contribution in [3.63, 3.8) is 0 Å². The average Bonchev–Trinajstić information content (AvgIpc) is 3.49. The van der Waals surface area contributed by atoms with Crippen LogP contribution in [0.4, 0.5) is 0 Å². The van der Waals surface area contributed by atoms with Crippen molar-refractivity contribution in [1.29, 1.82) is 0 Å². The summed E-state index contributed by atoms with van der Waals surface area (Å²) in [5.74, 6) is -0.792. The summed E-state index contributed by atoms with van der Waals surface area (Å²) in [4.78, 5) is 12.3. The topological polar surface area (TPSA) is 57.3 Å². The third-order valence-corrected chi connectivity index (χ3v) is 21.9. The molecule has 2 fully saturated rings. The van der Waals surface area contributed by atoms with Gasteiger partial charge in [0.25, 0.3) is 5.79 Å². The van der Waals surface area contributed by atoms with Gasteiger partial charge in [-0.1, -0.05) is 89.5 Å². The maximum atomic E-state index is 12.3. The minimum atomic E-state index is -1.82. The first-order valence-electron chi connectivity index (χ1n) is 15.4. The zero-order chi connectivity index (χ0) is 28.2. The molecule has 7 heteroatoms. The number of ether oxygens (including phenoxy) is 2. The van der Waals surface area contributed by atoms with Crippen molar-refractivity contribution in [2.75, 3.05) is 13.2 Å². The Kier molecular flexibility index (Phi) is 12.0. The Labute approximate surface area is 231 Å². The van der Waals surface area contributed by atoms with Crippen LogP contribution < -0.4 is 0 Å². The number of epoxide rings is 1. The Balaban J connectivity index is 1.74. The maximum absolute atomic E-state index is 12.3. The maximum Gasteiger partial charge on any atom is 0.318 e. The van der Waals surface area contributed by atoms with Gasteiger partial charge in [0.15, 0.2) is 16.6 Å². The average molecular weight is 557 g/mol. The number of hydrogen-bond donors (Lipinski definition) is 0. The van der Waals surface area contributed by atoms with Crippen LogP contribution in [0, 0.1) is 5.92 Å². The molecule has 0 saturated carbocycles. The van der Waals surface area contributed by atoms with E-state index in [9.17, 15) is 4.79 Å². The van der Waals surface area contributed by atoms with E-state index in [1.54, 1.807) is 0 Å². The van der Waals surface area contributed by atoms with Crippen LogP contribution in [0.1, 0.15) is 122 Å². The zero-order valence-electron chi connectivity index (χ0n) is 26.3. The van der Waals surface area contributed by atoms with Crippen LogP contribution in [0.15, 0.2) is 0 Å². The number of esters is 1. The van der Waals surface area contributed by atoms with Gasteiger partial charge in [0.2, 0.25) is 0 Å². The van der Waals surface area contributed by atoms with Crippen molar-refractivity contribution in [3.05, 3.63) is 0 Å². The molecule has 2 rings (SSSR count). The fourth-order valence-corrected chi connectivity index (χ4v) is 18.9. The Morgan fingerprint density at radius 3 is 1.38 bits per heavy atom. The molecule has 1 spiro atoms. The summed E-state index contributed by atoms with van der Waals surface area (Å²) in [5.41, 5.74) is 3.64. The lowest BCUT2D eigenvalue weighted by molar-refractivity contribution is -0.211. The van der Waals surface area contributed by atoms with Gasteiger partial charge in [-0.2, -0.15) is 0 Å². The Morgan fingerprint density at radius 1 is 0.649 bits per heavy atom. The lowest BCUT2D eigenvalue weighted by atomic mass is 9.87. The molecule has 0 aromatic rings. The molecular weight excluding hydrogens is 496 g/mol. The van der Waals surface area contributed by atoms with E-state index < -0.39 is 22.4 Å². The third-order valence-electron chi connectivity index (χ3n) is 9.61. The molecule has 2 aliphatic heterocycles. The number of unbranched alkanes of at least 4 members (excludes halogenated alkanes) is 2. The molecule has 0 aromatic carbocycles. The Hall–Kier alpha value is -0.216. The first-order chi connectivity index (χ1) is 17.2. The van der Waals surface area contributed by atoms with Crippen molar-refractivity contribution in [2.24, 2.45) is 5.92 Å². The second-order valence-corrected chi connectivity index (χ2v) is 24.5. The minimum Gasteiger partial charge on any atom is -0.429 e. The van der Waals surface area contributed by atoms with Crippen LogP contribution in [0.3, 0.4) is 0 Å². The SMILES string of the molecule is CC(C)[Si](OCCCC[C@H]1O[C@@]12OC(=O)[C@@H]2CCCCO[Si](C(C)C)(C(C)C)C(C)C)(C(C)C)C(C)C. The normalized spacial score (nSPS) is 24.3. The summed E-state index contributed by atoms with van der Waals surface area (Å²) >= 11 is 0. The second kappa shape index (κ2) is 13.4. The molecule has 0 aromatic heterocycles. The van der Waals surface area contributed by atoms with Crippen LogP contribution in [0.2, 0.25) is 33.2 Å². The van der Waals surface area contributed by atoms with Gasteiger partial charge in [0.05, 0.1) is 0 Å². The van der Waals surface area contributed by atoms with E-state index in [2.05, 4.69) is 83.1 Å². The van der Waals surface area contributed by atoms with Crippen molar-refractivity contribution < 1.29 is 23.1 Å². The van der Waals surface area contributed by atoms with Crippen LogP contribution in [0.5, 0.6) is 0 Å². The highest BCUT2D eigenvalue weighted by Gasteiger charge is 2.73. The highest BCUT2D eigenvalue weighted by molar-refractivity contribution is 6.78. The lowest BCUT2D eigenvalue weighted by Gasteiger charge is -2.42. The molecule has 0 bridgehead atoms. The smallest absolute Gasteiger partial charge is 0.318 e. The van der Waals surface area contributed by atoms with Crippen molar-refractivity contribution in [1.82, 2.24) is 0 Å². The van der Waals surface area contributed by atoms with Crippen molar-refractivity contribution in [3.8, 4) is 0 Å². The summed E-state index contributed by atoms with van der Waals surface area (Å²) in [6.07, 6.45) is 5.92. The molecule has 2 saturated heterocycles. The molecule has 3 atom stereocenters. The minimum absolute atomic E-state index is 0.0663. The first kappa shape index (κ1) is 33.0. The molecule has 5 nitrogen and oxygen atoms in total. The fraction of sp³-hybridized carbons (Fsp3) is 0.967. The standard InChI is InChI=1S/C30H60O5Si2/c1-21(2)36(22(3)4,23(5)6)32-19-15-13-17-27-29(31)35-30(27)28(34-30)18-14-16-20-33-37(24(7)8,25(9)10)26(11)12/h21-28H,13-20H2,1-12H3/t27-,28+,30-/m0/s1. The number of rotatable bonds is 18. The summed E-state index contributed by atoms with van der Waals surface area (Å²) < 4.78 is 24.9. The molecule has 37 heavy (non-hydrogen) atoms. The number of carbonyl (C=O) groups excluding carboxylic acids is 1. The molecule has 0 amide bonds. The lowest BCUT2D eigenvalue weighted by Crippen LogP contribution is -2.50. The molecular formula is C30H60O5Si2. The van der Waals surface area contributed by atoms with Crippen LogP contribution in [-0.2, 0) is 23.1 Å². The molecule has 0 N–H and O–H groups in total. The Bertz CT molecular complexity index is 677. The predicted molar refractivity (Wildman–Crippen MR) is 159 cm³/mol. The van der Waals surface area contributed by atoms with Crippen molar-refractivity contribution in [2.45, 2.75) is 167 Å². The molecule has 0 unspecified atom stereocenters. The number of hydrogen-bond acceptors (Lipinski definition) is 5. The van der Waals surface area contributed by atoms with Gasteiger partial charge in [0.1, 0.15) is 12.0 Å². The molecule has 218 valence electrons. The van der Waals surface area contributed by atoms with E-state index in [0.29, 0.717) is 33.2 Å². The van der Waals surface area contributed by atoms with Gasteiger partial charge >= 0.3 is 5.97 Å². The van der Waals surface area contributed by atoms with Crippen molar-refractivity contribution >= 4 is 22.6 Å². The van der Waals surface area contributed by atoms with Gasteiger partial charge in [-0.3, -0.25) is 4.79 Å². The Morgan fingerprint density at radius 2 is 1.03 bits per heavy atom. The van der Waals surface area contributed by atoms with Crippen LogP contribution in [-0.4, -0.2) is 47.7 Å². The van der Waals surface area contributed by atoms with E-state index in [4.69, 9.17) is 18.3 Å². The molecule has 0 radical (unpaired) electrons. The van der Waals surface area contributed by atoms with E-state index in [1.165, 1.54) is 0 Å². The number of carbonyl (C=O) groups is 1. The van der Waals surface area contributed by atoms with Gasteiger partial charge in [0, 0.05) is 13.2 Å². The summed E-state index contributed by atoms with van der Waals surface area (Å²) in [6, 6.07) is 0. The van der Waals surface area contributed by atoms with Crippen LogP contribution in [0.25, 0.3) is 0 Å². The van der Waals surface area contributed by atoms with Gasteiger partial charge in [-0.05, 0) is 65.4 Å². The van der Waals surface area contributed by atoms with E-state index in [0.717, 1.165) is 51.7 Å². The van der Waals surface area contributed by atoms with Gasteiger partial charge in [-0.15, -0.1) is 0 Å². The zero-order valence-corrected chi connectivity index (χ0v) is 28.3. The highest BCUT2D eigenvalue weighted by atomic mass is 28.4. The van der Waals surface area contributed by atoms with Crippen LogP contribution >= 0.6 is 0 Å². The van der Waals surface area contributed by atoms with E-state index >= 15 is 0 Å². The fourth-order valence-electron chi connectivity index (χ4n) is 7.95. The van der Waals surface area contributed by atoms with E-state index in [-0.39, 0.29) is 18.0 Å². The molecule has 2 heterocycles. The molecule has 2 aliphatic rings. The summed E-state index contributed by atoms with van der Waals surface area (Å²) in [7, 11) is -3.61. The summed E-state index contributed by atoms with van der Waals surface area (Å²) in [5, 5.41) is 0.